The molecule has 1 unspecified atom stereocenters. The maximum atomic E-state index is 12.7. The first-order chi connectivity index (χ1) is 8.40. The van der Waals surface area contributed by atoms with Gasteiger partial charge in [-0.15, -0.1) is 6.58 Å². The van der Waals surface area contributed by atoms with Crippen molar-refractivity contribution < 1.29 is 13.2 Å². The Morgan fingerprint density at radius 3 is 2.61 bits per heavy atom. The molecule has 0 saturated heterocycles. The average molecular weight is 322 g/mol. The monoisotopic (exact) mass is 321 g/mol. The molecule has 0 amide bonds. The Bertz CT molecular complexity index is 415. The van der Waals surface area contributed by atoms with E-state index >= 15 is 0 Å². The van der Waals surface area contributed by atoms with Crippen LogP contribution in [0.4, 0.5) is 13.2 Å². The molecule has 0 aliphatic carbocycles. The molecule has 100 valence electrons. The summed E-state index contributed by atoms with van der Waals surface area (Å²) in [5, 5.41) is 3.14. The fourth-order valence-electron chi connectivity index (χ4n) is 1.58. The highest BCUT2D eigenvalue weighted by atomic mass is 79.9. The molecule has 0 saturated carbocycles. The zero-order valence-corrected chi connectivity index (χ0v) is 11.6. The number of hydrogen-bond acceptors (Lipinski definition) is 1. The van der Waals surface area contributed by atoms with Crippen LogP contribution in [0.25, 0.3) is 0 Å². The van der Waals surface area contributed by atoms with E-state index in [1.54, 1.807) is 6.08 Å². The number of nitrogens with one attached hydrogen (secondary N) is 1. The van der Waals surface area contributed by atoms with Crippen molar-refractivity contribution in [3.8, 4) is 0 Å². The molecule has 18 heavy (non-hydrogen) atoms. The molecular weight excluding hydrogens is 307 g/mol. The molecule has 1 N–H and O–H groups in total. The van der Waals surface area contributed by atoms with Gasteiger partial charge in [-0.25, -0.2) is 0 Å². The van der Waals surface area contributed by atoms with Gasteiger partial charge >= 0.3 is 6.18 Å². The third-order valence-corrected chi connectivity index (χ3v) is 3.23. The van der Waals surface area contributed by atoms with E-state index in [2.05, 4.69) is 27.8 Å². The molecule has 1 aromatic rings. The van der Waals surface area contributed by atoms with E-state index in [1.807, 2.05) is 6.92 Å². The van der Waals surface area contributed by atoms with Gasteiger partial charge in [0.05, 0.1) is 11.6 Å². The van der Waals surface area contributed by atoms with Gasteiger partial charge in [0.1, 0.15) is 0 Å². The van der Waals surface area contributed by atoms with Crippen molar-refractivity contribution in [3.63, 3.8) is 0 Å². The van der Waals surface area contributed by atoms with Gasteiger partial charge in [0.25, 0.3) is 0 Å². The standard InChI is InChI=1S/C13H15BrF3N/c1-3-7-18-12(4-2)10-8-9(13(15,16)17)5-6-11(10)14/h4-6,8,12,18H,2-3,7H2,1H3. The lowest BCUT2D eigenvalue weighted by Gasteiger charge is -2.18. The van der Waals surface area contributed by atoms with Crippen LogP contribution >= 0.6 is 15.9 Å². The normalized spacial score (nSPS) is 13.4. The molecule has 0 aliphatic rings. The van der Waals surface area contributed by atoms with E-state index in [-0.39, 0.29) is 6.04 Å². The smallest absolute Gasteiger partial charge is 0.307 e. The van der Waals surface area contributed by atoms with Crippen LogP contribution < -0.4 is 5.32 Å². The third-order valence-electron chi connectivity index (χ3n) is 2.51. The van der Waals surface area contributed by atoms with E-state index < -0.39 is 11.7 Å². The first kappa shape index (κ1) is 15.2. The fraction of sp³-hybridized carbons (Fsp3) is 0.385. The lowest BCUT2D eigenvalue weighted by molar-refractivity contribution is -0.137. The summed E-state index contributed by atoms with van der Waals surface area (Å²) in [6.07, 6.45) is -1.82. The summed E-state index contributed by atoms with van der Waals surface area (Å²) in [6, 6.07) is 3.34. The minimum Gasteiger partial charge on any atom is -0.307 e. The molecule has 0 fully saturated rings. The molecule has 0 aromatic heterocycles. The second-order valence-electron chi connectivity index (χ2n) is 3.90. The van der Waals surface area contributed by atoms with Crippen molar-refractivity contribution in [1.29, 1.82) is 0 Å². The molecule has 1 aromatic carbocycles. The molecule has 5 heteroatoms. The van der Waals surface area contributed by atoms with Gasteiger partial charge in [-0.3, -0.25) is 0 Å². The lowest BCUT2D eigenvalue weighted by atomic mass is 10.0. The van der Waals surface area contributed by atoms with Crippen molar-refractivity contribution in [2.75, 3.05) is 6.54 Å². The van der Waals surface area contributed by atoms with Crippen LogP contribution in [-0.4, -0.2) is 6.54 Å². The Morgan fingerprint density at radius 1 is 1.44 bits per heavy atom. The summed E-state index contributed by atoms with van der Waals surface area (Å²) < 4.78 is 38.6. The largest absolute Gasteiger partial charge is 0.416 e. The molecule has 0 bridgehead atoms. The Hall–Kier alpha value is -0.810. The Balaban J connectivity index is 3.09. The van der Waals surface area contributed by atoms with E-state index in [1.165, 1.54) is 6.07 Å². The first-order valence-corrected chi connectivity index (χ1v) is 6.42. The van der Waals surface area contributed by atoms with Crippen LogP contribution in [0, 0.1) is 0 Å². The van der Waals surface area contributed by atoms with E-state index in [9.17, 15) is 13.2 Å². The van der Waals surface area contributed by atoms with Crippen molar-refractivity contribution in [2.24, 2.45) is 0 Å². The highest BCUT2D eigenvalue weighted by molar-refractivity contribution is 9.10. The highest BCUT2D eigenvalue weighted by Gasteiger charge is 2.31. The number of benzene rings is 1. The van der Waals surface area contributed by atoms with E-state index in [4.69, 9.17) is 0 Å². The number of hydrogen-bond donors (Lipinski definition) is 1. The molecule has 0 radical (unpaired) electrons. The predicted octanol–water partition coefficient (Wildman–Crippen LogP) is 4.69. The first-order valence-electron chi connectivity index (χ1n) is 5.62. The summed E-state index contributed by atoms with van der Waals surface area (Å²) >= 11 is 3.28. The second kappa shape index (κ2) is 6.38. The maximum absolute atomic E-state index is 12.7. The average Bonchev–Trinajstić information content (AvgIpc) is 2.30. The van der Waals surface area contributed by atoms with Crippen molar-refractivity contribution in [1.82, 2.24) is 5.32 Å². The quantitative estimate of drug-likeness (QED) is 0.775. The fourth-order valence-corrected chi connectivity index (χ4v) is 2.07. The molecular formula is C13H15BrF3N. The van der Waals surface area contributed by atoms with Gasteiger partial charge < -0.3 is 5.32 Å². The van der Waals surface area contributed by atoms with Crippen LogP contribution in [0.2, 0.25) is 0 Å². The minimum absolute atomic E-state index is 0.290. The topological polar surface area (TPSA) is 12.0 Å². The Kier molecular flexibility index (Phi) is 5.41. The minimum atomic E-state index is -4.33. The summed E-state index contributed by atoms with van der Waals surface area (Å²) in [6.45, 7) is 6.37. The van der Waals surface area contributed by atoms with Gasteiger partial charge in [-0.1, -0.05) is 28.9 Å². The third kappa shape index (κ3) is 3.85. The predicted molar refractivity (Wildman–Crippen MR) is 70.4 cm³/mol. The second-order valence-corrected chi connectivity index (χ2v) is 4.76. The molecule has 1 rings (SSSR count). The van der Waals surface area contributed by atoms with Gasteiger partial charge in [0.15, 0.2) is 0 Å². The zero-order valence-electron chi connectivity index (χ0n) is 10.0. The SMILES string of the molecule is C=CC(NCCC)c1cc(C(F)(F)F)ccc1Br. The van der Waals surface area contributed by atoms with Crippen LogP contribution in [0.1, 0.15) is 30.5 Å². The summed E-state index contributed by atoms with van der Waals surface area (Å²) in [5.74, 6) is 0. The number of alkyl halides is 3. The Labute approximate surface area is 113 Å². The van der Waals surface area contributed by atoms with Gasteiger partial charge in [-0.2, -0.15) is 13.2 Å². The number of rotatable bonds is 5. The van der Waals surface area contributed by atoms with Crippen LogP contribution in [-0.2, 0) is 6.18 Å². The molecule has 0 aliphatic heterocycles. The summed E-state index contributed by atoms with van der Waals surface area (Å²) in [5.41, 5.74) is -0.0980. The summed E-state index contributed by atoms with van der Waals surface area (Å²) in [4.78, 5) is 0. The lowest BCUT2D eigenvalue weighted by Crippen LogP contribution is -2.21. The highest BCUT2D eigenvalue weighted by Crippen LogP contribution is 2.34. The van der Waals surface area contributed by atoms with E-state index in [0.717, 1.165) is 25.1 Å². The summed E-state index contributed by atoms with van der Waals surface area (Å²) in [7, 11) is 0. The molecule has 0 spiro atoms. The van der Waals surface area contributed by atoms with Crippen molar-refractivity contribution in [2.45, 2.75) is 25.6 Å². The van der Waals surface area contributed by atoms with Gasteiger partial charge in [-0.05, 0) is 36.7 Å². The zero-order chi connectivity index (χ0) is 13.8. The molecule has 1 atom stereocenters. The van der Waals surface area contributed by atoms with E-state index in [0.29, 0.717) is 10.0 Å². The van der Waals surface area contributed by atoms with Crippen LogP contribution in [0.5, 0.6) is 0 Å². The van der Waals surface area contributed by atoms with Crippen molar-refractivity contribution in [3.05, 3.63) is 46.5 Å². The van der Waals surface area contributed by atoms with Crippen molar-refractivity contribution >= 4 is 15.9 Å². The number of halogens is 4. The van der Waals surface area contributed by atoms with Crippen LogP contribution in [0.3, 0.4) is 0 Å². The van der Waals surface area contributed by atoms with Gasteiger partial charge in [0, 0.05) is 4.47 Å². The van der Waals surface area contributed by atoms with Crippen LogP contribution in [0.15, 0.2) is 35.3 Å². The Morgan fingerprint density at radius 2 is 2.11 bits per heavy atom. The van der Waals surface area contributed by atoms with Gasteiger partial charge in [0.2, 0.25) is 0 Å². The molecule has 1 nitrogen and oxygen atoms in total. The molecule has 0 heterocycles. The maximum Gasteiger partial charge on any atom is 0.416 e.